The zero-order valence-electron chi connectivity index (χ0n) is 9.52. The summed E-state index contributed by atoms with van der Waals surface area (Å²) in [6, 6.07) is 0.412. The molecule has 0 unspecified atom stereocenters. The van der Waals surface area contributed by atoms with Gasteiger partial charge in [0.2, 0.25) is 0 Å². The summed E-state index contributed by atoms with van der Waals surface area (Å²) in [7, 11) is 1.22. The molecule has 1 atom stereocenters. The third kappa shape index (κ3) is 3.83. The molecule has 0 heterocycles. The van der Waals surface area contributed by atoms with Gasteiger partial charge in [-0.25, -0.2) is 8.78 Å². The van der Waals surface area contributed by atoms with Gasteiger partial charge in [0.1, 0.15) is 17.4 Å². The van der Waals surface area contributed by atoms with Gasteiger partial charge in [-0.15, -0.1) is 0 Å². The fourth-order valence-electron chi connectivity index (χ4n) is 1.50. The second-order valence-electron chi connectivity index (χ2n) is 3.77. The van der Waals surface area contributed by atoms with E-state index in [9.17, 15) is 22.0 Å². The number of benzene rings is 1. The zero-order valence-corrected chi connectivity index (χ0v) is 9.52. The van der Waals surface area contributed by atoms with Crippen molar-refractivity contribution in [3.8, 4) is 5.75 Å². The summed E-state index contributed by atoms with van der Waals surface area (Å²) in [4.78, 5) is 0. The van der Waals surface area contributed by atoms with E-state index in [-0.39, 0.29) is 5.75 Å². The Kier molecular flexibility index (Phi) is 4.50. The molecular formula is C11H12F5NO. The molecule has 2 nitrogen and oxygen atoms in total. The summed E-state index contributed by atoms with van der Waals surface area (Å²) in [5.41, 5.74) is 4.82. The van der Waals surface area contributed by atoms with E-state index in [1.807, 2.05) is 0 Å². The maximum atomic E-state index is 13.5. The van der Waals surface area contributed by atoms with Crippen LogP contribution >= 0.6 is 0 Å². The summed E-state index contributed by atoms with van der Waals surface area (Å²) in [5, 5.41) is 0. The minimum atomic E-state index is -4.41. The van der Waals surface area contributed by atoms with Gasteiger partial charge in [-0.3, -0.25) is 0 Å². The molecule has 102 valence electrons. The number of alkyl halides is 3. The average Bonchev–Trinajstić information content (AvgIpc) is 2.24. The fourth-order valence-corrected chi connectivity index (χ4v) is 1.50. The molecule has 0 radical (unpaired) electrons. The molecule has 18 heavy (non-hydrogen) atoms. The van der Waals surface area contributed by atoms with Crippen molar-refractivity contribution < 1.29 is 26.7 Å². The Morgan fingerprint density at radius 2 is 1.72 bits per heavy atom. The number of hydrogen-bond acceptors (Lipinski definition) is 2. The van der Waals surface area contributed by atoms with Crippen LogP contribution in [-0.2, 0) is 0 Å². The molecule has 1 aromatic carbocycles. The van der Waals surface area contributed by atoms with Crippen molar-refractivity contribution in [2.45, 2.75) is 25.1 Å². The van der Waals surface area contributed by atoms with E-state index < -0.39 is 42.3 Å². The molecular weight excluding hydrogens is 257 g/mol. The van der Waals surface area contributed by atoms with Gasteiger partial charge in [-0.1, -0.05) is 0 Å². The van der Waals surface area contributed by atoms with Gasteiger partial charge in [-0.2, -0.15) is 13.2 Å². The molecule has 0 aliphatic rings. The first-order valence-corrected chi connectivity index (χ1v) is 5.10. The Bertz CT molecular complexity index is 395. The maximum absolute atomic E-state index is 13.5. The Morgan fingerprint density at radius 1 is 1.22 bits per heavy atom. The summed E-state index contributed by atoms with van der Waals surface area (Å²) in [6.45, 7) is 0. The van der Waals surface area contributed by atoms with Gasteiger partial charge >= 0.3 is 6.18 Å². The maximum Gasteiger partial charge on any atom is 0.389 e. The lowest BCUT2D eigenvalue weighted by Gasteiger charge is -2.15. The van der Waals surface area contributed by atoms with E-state index in [1.165, 1.54) is 7.11 Å². The summed E-state index contributed by atoms with van der Waals surface area (Å²) in [5.74, 6) is -2.08. The van der Waals surface area contributed by atoms with Gasteiger partial charge < -0.3 is 10.5 Å². The van der Waals surface area contributed by atoms with Crippen LogP contribution in [-0.4, -0.2) is 13.3 Å². The molecule has 0 aliphatic carbocycles. The van der Waals surface area contributed by atoms with Crippen molar-refractivity contribution in [3.63, 3.8) is 0 Å². The normalized spacial score (nSPS) is 13.5. The largest absolute Gasteiger partial charge is 0.497 e. The third-order valence-electron chi connectivity index (χ3n) is 2.40. The molecule has 0 aliphatic heterocycles. The second kappa shape index (κ2) is 5.51. The van der Waals surface area contributed by atoms with Crippen LogP contribution in [0.2, 0.25) is 0 Å². The standard InChI is InChI=1S/C11H12F5NO/c1-18-6-4-7(12)10(8(13)5-6)9(17)2-3-11(14,15)16/h4-5,9H,2-3,17H2,1H3/t9-/m1/s1. The minimum Gasteiger partial charge on any atom is -0.497 e. The van der Waals surface area contributed by atoms with Crippen LogP contribution in [0.15, 0.2) is 12.1 Å². The highest BCUT2D eigenvalue weighted by Gasteiger charge is 2.29. The van der Waals surface area contributed by atoms with Crippen molar-refractivity contribution in [1.82, 2.24) is 0 Å². The van der Waals surface area contributed by atoms with E-state index in [2.05, 4.69) is 4.74 Å². The lowest BCUT2D eigenvalue weighted by molar-refractivity contribution is -0.136. The molecule has 1 rings (SSSR count). The van der Waals surface area contributed by atoms with E-state index in [1.54, 1.807) is 0 Å². The number of methoxy groups -OCH3 is 1. The molecule has 0 amide bonds. The molecule has 1 aromatic rings. The highest BCUT2D eigenvalue weighted by atomic mass is 19.4. The molecule has 0 aromatic heterocycles. The molecule has 0 bridgehead atoms. The summed E-state index contributed by atoms with van der Waals surface area (Å²) < 4.78 is 67.6. The molecule has 0 saturated heterocycles. The first-order valence-electron chi connectivity index (χ1n) is 5.10. The molecule has 7 heteroatoms. The molecule has 2 N–H and O–H groups in total. The van der Waals surface area contributed by atoms with Gasteiger partial charge in [-0.05, 0) is 6.42 Å². The fraction of sp³-hybridized carbons (Fsp3) is 0.455. The van der Waals surface area contributed by atoms with Crippen LogP contribution in [0.4, 0.5) is 22.0 Å². The number of hydrogen-bond donors (Lipinski definition) is 1. The molecule has 0 fully saturated rings. The summed E-state index contributed by atoms with van der Waals surface area (Å²) >= 11 is 0. The van der Waals surface area contributed by atoms with Crippen molar-refractivity contribution in [1.29, 1.82) is 0 Å². The number of halogens is 5. The Balaban J connectivity index is 2.89. The highest BCUT2D eigenvalue weighted by molar-refractivity contribution is 5.32. The van der Waals surface area contributed by atoms with Crippen molar-refractivity contribution in [2.75, 3.05) is 7.11 Å². The highest BCUT2D eigenvalue weighted by Crippen LogP contribution is 2.30. The van der Waals surface area contributed by atoms with Crippen LogP contribution in [0, 0.1) is 11.6 Å². The average molecular weight is 269 g/mol. The van der Waals surface area contributed by atoms with Gasteiger partial charge in [0, 0.05) is 30.2 Å². The van der Waals surface area contributed by atoms with Crippen LogP contribution < -0.4 is 10.5 Å². The number of rotatable bonds is 4. The Labute approximate surface area is 101 Å². The smallest absolute Gasteiger partial charge is 0.389 e. The van der Waals surface area contributed by atoms with Crippen LogP contribution in [0.5, 0.6) is 5.75 Å². The quantitative estimate of drug-likeness (QED) is 0.851. The van der Waals surface area contributed by atoms with Crippen LogP contribution in [0.1, 0.15) is 24.4 Å². The predicted octanol–water partition coefficient (Wildman–Crippen LogP) is 3.32. The minimum absolute atomic E-state index is 0.0585. The monoisotopic (exact) mass is 269 g/mol. The molecule has 0 saturated carbocycles. The molecule has 0 spiro atoms. The second-order valence-corrected chi connectivity index (χ2v) is 3.77. The topological polar surface area (TPSA) is 35.2 Å². The van der Waals surface area contributed by atoms with E-state index >= 15 is 0 Å². The van der Waals surface area contributed by atoms with Crippen LogP contribution in [0.25, 0.3) is 0 Å². The first-order chi connectivity index (χ1) is 8.24. The van der Waals surface area contributed by atoms with Crippen molar-refractivity contribution in [3.05, 3.63) is 29.3 Å². The first kappa shape index (κ1) is 14.7. The zero-order chi connectivity index (χ0) is 13.9. The number of nitrogens with two attached hydrogens (primary N) is 1. The van der Waals surface area contributed by atoms with E-state index in [0.29, 0.717) is 0 Å². The van der Waals surface area contributed by atoms with E-state index in [4.69, 9.17) is 5.73 Å². The Hall–Kier alpha value is -1.37. The third-order valence-corrected chi connectivity index (χ3v) is 2.40. The van der Waals surface area contributed by atoms with Gasteiger partial charge in [0.05, 0.1) is 7.11 Å². The Morgan fingerprint density at radius 3 is 2.11 bits per heavy atom. The van der Waals surface area contributed by atoms with Crippen molar-refractivity contribution >= 4 is 0 Å². The lowest BCUT2D eigenvalue weighted by Crippen LogP contribution is -2.18. The SMILES string of the molecule is COc1cc(F)c([C@H](N)CCC(F)(F)F)c(F)c1. The van der Waals surface area contributed by atoms with Gasteiger partial charge in [0.15, 0.2) is 0 Å². The number of ether oxygens (including phenoxy) is 1. The lowest BCUT2D eigenvalue weighted by atomic mass is 10.0. The van der Waals surface area contributed by atoms with Crippen molar-refractivity contribution in [2.24, 2.45) is 5.73 Å². The van der Waals surface area contributed by atoms with Gasteiger partial charge in [0.25, 0.3) is 0 Å². The van der Waals surface area contributed by atoms with Crippen LogP contribution in [0.3, 0.4) is 0 Å². The van der Waals surface area contributed by atoms with E-state index in [0.717, 1.165) is 12.1 Å². The predicted molar refractivity (Wildman–Crippen MR) is 55.1 cm³/mol. The summed E-state index contributed by atoms with van der Waals surface area (Å²) in [6.07, 6.45) is -6.18.